The summed E-state index contributed by atoms with van der Waals surface area (Å²) in [6.45, 7) is 0. The van der Waals surface area contributed by atoms with E-state index >= 15 is 0 Å². The molecule has 1 aromatic rings. The molecule has 0 spiro atoms. The highest BCUT2D eigenvalue weighted by atomic mass is 35.5. The maximum absolute atomic E-state index is 11.3. The molecule has 0 amide bonds. The number of nitrogens with zero attached hydrogens (tertiary/aromatic N) is 3. The molecule has 0 saturated heterocycles. The van der Waals surface area contributed by atoms with Crippen molar-refractivity contribution in [2.24, 2.45) is 5.11 Å². The molecule has 6 nitrogen and oxygen atoms in total. The van der Waals surface area contributed by atoms with Gasteiger partial charge in [-0.3, -0.25) is 0 Å². The van der Waals surface area contributed by atoms with Crippen molar-refractivity contribution in [2.45, 2.75) is 12.1 Å². The zero-order valence-corrected chi connectivity index (χ0v) is 10.8. The van der Waals surface area contributed by atoms with Gasteiger partial charge in [0.25, 0.3) is 0 Å². The summed E-state index contributed by atoms with van der Waals surface area (Å²) in [6.07, 6.45) is -1.63. The Morgan fingerprint density at radius 1 is 1.56 bits per heavy atom. The molecule has 0 radical (unpaired) electrons. The summed E-state index contributed by atoms with van der Waals surface area (Å²) < 4.78 is 4.38. The molecule has 0 aliphatic carbocycles. The van der Waals surface area contributed by atoms with Crippen molar-refractivity contribution in [3.05, 3.63) is 44.3 Å². The fraction of sp³-hybridized carbons (Fsp3) is 0.300. The van der Waals surface area contributed by atoms with Crippen molar-refractivity contribution in [1.82, 2.24) is 0 Å². The second kappa shape index (κ2) is 6.47. The summed E-state index contributed by atoms with van der Waals surface area (Å²) in [5, 5.41) is 13.6. The Hall–Kier alpha value is -1.46. The van der Waals surface area contributed by atoms with Crippen LogP contribution < -0.4 is 0 Å². The van der Waals surface area contributed by atoms with Crippen LogP contribution in [-0.2, 0) is 9.53 Å². The molecule has 0 bridgehead atoms. The lowest BCUT2D eigenvalue weighted by Crippen LogP contribution is -2.28. The summed E-state index contributed by atoms with van der Waals surface area (Å²) in [6, 6.07) is 3.22. The van der Waals surface area contributed by atoms with Crippen LogP contribution in [0.4, 0.5) is 0 Å². The van der Waals surface area contributed by atoms with E-state index in [9.17, 15) is 9.90 Å². The fourth-order valence-corrected chi connectivity index (χ4v) is 1.86. The molecule has 0 aromatic heterocycles. The summed E-state index contributed by atoms with van der Waals surface area (Å²) in [5.74, 6) is -0.918. The average molecular weight is 290 g/mol. The van der Waals surface area contributed by atoms with Crippen LogP contribution in [0.5, 0.6) is 0 Å². The molecule has 0 heterocycles. The normalized spacial score (nSPS) is 13.3. The van der Waals surface area contributed by atoms with Gasteiger partial charge in [-0.25, -0.2) is 4.79 Å². The first-order valence-electron chi connectivity index (χ1n) is 4.76. The van der Waals surface area contributed by atoms with Gasteiger partial charge < -0.3 is 9.84 Å². The van der Waals surface area contributed by atoms with Gasteiger partial charge in [-0.15, -0.1) is 0 Å². The Kier molecular flexibility index (Phi) is 5.25. The van der Waals surface area contributed by atoms with Gasteiger partial charge in [-0.1, -0.05) is 34.4 Å². The van der Waals surface area contributed by atoms with E-state index < -0.39 is 18.1 Å². The molecular weight excluding hydrogens is 281 g/mol. The minimum Gasteiger partial charge on any atom is -0.467 e. The fourth-order valence-electron chi connectivity index (χ4n) is 1.34. The number of carbonyl (C=O) groups is 1. The van der Waals surface area contributed by atoms with Crippen molar-refractivity contribution < 1.29 is 14.6 Å². The van der Waals surface area contributed by atoms with Gasteiger partial charge in [0.1, 0.15) is 6.04 Å². The summed E-state index contributed by atoms with van der Waals surface area (Å²) >= 11 is 11.6. The summed E-state index contributed by atoms with van der Waals surface area (Å²) in [5.41, 5.74) is 8.76. The van der Waals surface area contributed by atoms with E-state index in [0.29, 0.717) is 5.02 Å². The molecule has 1 aromatic carbocycles. The number of halogens is 2. The molecule has 96 valence electrons. The van der Waals surface area contributed by atoms with E-state index in [4.69, 9.17) is 28.7 Å². The number of benzene rings is 1. The number of azide groups is 1. The Labute approximate surface area is 113 Å². The van der Waals surface area contributed by atoms with E-state index in [0.717, 1.165) is 7.11 Å². The summed E-state index contributed by atoms with van der Waals surface area (Å²) in [4.78, 5) is 13.8. The first-order valence-corrected chi connectivity index (χ1v) is 5.52. The topological polar surface area (TPSA) is 95.3 Å². The van der Waals surface area contributed by atoms with Crippen LogP contribution in [0.25, 0.3) is 10.4 Å². The SMILES string of the molecule is COC(=O)C(O)C(N=[N+]=[N-])c1ccc(Cl)cc1Cl. The average Bonchev–Trinajstić information content (AvgIpc) is 2.35. The van der Waals surface area contributed by atoms with E-state index in [1.54, 1.807) is 0 Å². The number of ether oxygens (including phenoxy) is 1. The maximum atomic E-state index is 11.3. The van der Waals surface area contributed by atoms with E-state index in [1.165, 1.54) is 18.2 Å². The van der Waals surface area contributed by atoms with Gasteiger partial charge in [0, 0.05) is 15.0 Å². The van der Waals surface area contributed by atoms with E-state index in [1.807, 2.05) is 0 Å². The number of aliphatic hydroxyl groups excluding tert-OH is 1. The van der Waals surface area contributed by atoms with Gasteiger partial charge in [-0.2, -0.15) is 0 Å². The Balaban J connectivity index is 3.19. The standard InChI is InChI=1S/C10H9Cl2N3O3/c1-18-10(17)9(16)8(14-15-13)6-3-2-5(11)4-7(6)12/h2-4,8-9,16H,1H3. The van der Waals surface area contributed by atoms with Crippen molar-refractivity contribution in [2.75, 3.05) is 7.11 Å². The lowest BCUT2D eigenvalue weighted by atomic mass is 10.0. The molecule has 0 fully saturated rings. The highest BCUT2D eigenvalue weighted by molar-refractivity contribution is 6.35. The smallest absolute Gasteiger partial charge is 0.335 e. The lowest BCUT2D eigenvalue weighted by Gasteiger charge is -2.17. The van der Waals surface area contributed by atoms with Crippen LogP contribution in [0.15, 0.2) is 23.3 Å². The third-order valence-corrected chi connectivity index (χ3v) is 2.76. The van der Waals surface area contributed by atoms with Crippen LogP contribution >= 0.6 is 23.2 Å². The molecule has 0 aliphatic heterocycles. The number of methoxy groups -OCH3 is 1. The van der Waals surface area contributed by atoms with Crippen molar-refractivity contribution in [3.63, 3.8) is 0 Å². The monoisotopic (exact) mass is 289 g/mol. The maximum Gasteiger partial charge on any atom is 0.335 e. The van der Waals surface area contributed by atoms with Crippen LogP contribution in [0.2, 0.25) is 10.0 Å². The predicted octanol–water partition coefficient (Wildman–Crippen LogP) is 2.88. The van der Waals surface area contributed by atoms with Crippen molar-refractivity contribution in [3.8, 4) is 0 Å². The van der Waals surface area contributed by atoms with Crippen molar-refractivity contribution in [1.29, 1.82) is 0 Å². The lowest BCUT2D eigenvalue weighted by molar-refractivity contribution is -0.151. The van der Waals surface area contributed by atoms with Crippen LogP contribution in [0, 0.1) is 0 Å². The van der Waals surface area contributed by atoms with Gasteiger partial charge in [0.05, 0.1) is 7.11 Å². The number of aliphatic hydroxyl groups is 1. The predicted molar refractivity (Wildman–Crippen MR) is 66.4 cm³/mol. The highest BCUT2D eigenvalue weighted by Crippen LogP contribution is 2.31. The molecule has 1 rings (SSSR count). The van der Waals surface area contributed by atoms with Crippen LogP contribution in [0.3, 0.4) is 0 Å². The zero-order chi connectivity index (χ0) is 13.7. The molecule has 1 N–H and O–H groups in total. The first kappa shape index (κ1) is 14.6. The second-order valence-electron chi connectivity index (χ2n) is 3.28. The molecular formula is C10H9Cl2N3O3. The van der Waals surface area contributed by atoms with E-state index in [-0.39, 0.29) is 10.6 Å². The van der Waals surface area contributed by atoms with Gasteiger partial charge in [-0.05, 0) is 23.2 Å². The van der Waals surface area contributed by atoms with Gasteiger partial charge in [0.15, 0.2) is 6.10 Å². The Bertz CT molecular complexity index is 503. The minimum absolute atomic E-state index is 0.183. The molecule has 2 unspecified atom stereocenters. The largest absolute Gasteiger partial charge is 0.467 e. The number of esters is 1. The van der Waals surface area contributed by atoms with Crippen molar-refractivity contribution >= 4 is 29.2 Å². The number of rotatable bonds is 4. The van der Waals surface area contributed by atoms with Gasteiger partial charge in [0.2, 0.25) is 0 Å². The molecule has 0 aliphatic rings. The second-order valence-corrected chi connectivity index (χ2v) is 4.13. The molecule has 2 atom stereocenters. The van der Waals surface area contributed by atoms with Gasteiger partial charge >= 0.3 is 5.97 Å². The van der Waals surface area contributed by atoms with Crippen LogP contribution in [-0.4, -0.2) is 24.3 Å². The first-order chi connectivity index (χ1) is 8.51. The number of hydrogen-bond donors (Lipinski definition) is 1. The third kappa shape index (κ3) is 3.27. The molecule has 0 saturated carbocycles. The van der Waals surface area contributed by atoms with E-state index in [2.05, 4.69) is 14.8 Å². The number of carbonyl (C=O) groups excluding carboxylic acids is 1. The van der Waals surface area contributed by atoms with Crippen LogP contribution in [0.1, 0.15) is 11.6 Å². The Morgan fingerprint density at radius 2 is 2.22 bits per heavy atom. The minimum atomic E-state index is -1.63. The molecule has 18 heavy (non-hydrogen) atoms. The summed E-state index contributed by atoms with van der Waals surface area (Å²) in [7, 11) is 1.11. The highest BCUT2D eigenvalue weighted by Gasteiger charge is 2.29. The third-order valence-electron chi connectivity index (χ3n) is 2.20. The zero-order valence-electron chi connectivity index (χ0n) is 9.25. The number of hydrogen-bond acceptors (Lipinski definition) is 4. The molecule has 8 heteroatoms. The Morgan fingerprint density at radius 3 is 2.72 bits per heavy atom. The quantitative estimate of drug-likeness (QED) is 0.399.